The fourth-order valence-corrected chi connectivity index (χ4v) is 1.90. The molecule has 2 aromatic rings. The molecule has 106 valence electrons. The molecule has 0 aromatic heterocycles. The van der Waals surface area contributed by atoms with E-state index in [4.69, 9.17) is 16.7 Å². The number of aliphatic hydroxyl groups is 1. The Kier molecular flexibility index (Phi) is 5.39. The number of carbonyl (C=O) groups excluding carboxylic acids is 1. The standard InChI is InChI=1S/C17H14ClNO2/c18-15-9-1-2-10-16(15)19-17(21)14-8-5-7-13(12-14)6-3-4-11-20/h1-2,5,7-10,12,20H,4,11H2,(H,19,21). The van der Waals surface area contributed by atoms with Crippen LogP contribution in [0.25, 0.3) is 0 Å². The van der Waals surface area contributed by atoms with E-state index in [1.807, 2.05) is 6.07 Å². The Labute approximate surface area is 128 Å². The van der Waals surface area contributed by atoms with Crippen molar-refractivity contribution < 1.29 is 9.90 Å². The third-order valence-corrected chi connectivity index (χ3v) is 3.05. The van der Waals surface area contributed by atoms with Gasteiger partial charge >= 0.3 is 0 Å². The molecule has 0 unspecified atom stereocenters. The van der Waals surface area contributed by atoms with Crippen molar-refractivity contribution in [3.05, 3.63) is 64.7 Å². The van der Waals surface area contributed by atoms with Gasteiger partial charge in [0.05, 0.1) is 17.3 Å². The molecule has 0 aliphatic heterocycles. The summed E-state index contributed by atoms with van der Waals surface area (Å²) in [6, 6.07) is 14.1. The number of nitrogens with one attached hydrogen (secondary N) is 1. The van der Waals surface area contributed by atoms with Crippen LogP contribution in [-0.4, -0.2) is 17.6 Å². The number of hydrogen-bond donors (Lipinski definition) is 2. The van der Waals surface area contributed by atoms with Gasteiger partial charge in [-0.3, -0.25) is 4.79 Å². The molecule has 0 fully saturated rings. The van der Waals surface area contributed by atoms with Crippen LogP contribution in [0.1, 0.15) is 22.3 Å². The Morgan fingerprint density at radius 1 is 1.19 bits per heavy atom. The Morgan fingerprint density at radius 2 is 2.00 bits per heavy atom. The molecule has 0 aliphatic rings. The van der Waals surface area contributed by atoms with E-state index in [-0.39, 0.29) is 12.5 Å². The molecule has 2 rings (SSSR count). The van der Waals surface area contributed by atoms with Gasteiger partial charge in [-0.2, -0.15) is 0 Å². The molecule has 3 nitrogen and oxygen atoms in total. The van der Waals surface area contributed by atoms with Crippen LogP contribution in [0.15, 0.2) is 48.5 Å². The van der Waals surface area contributed by atoms with E-state index in [0.29, 0.717) is 22.7 Å². The van der Waals surface area contributed by atoms with Crippen molar-refractivity contribution in [1.29, 1.82) is 0 Å². The minimum Gasteiger partial charge on any atom is -0.395 e. The first kappa shape index (κ1) is 15.1. The van der Waals surface area contributed by atoms with Crippen LogP contribution < -0.4 is 5.32 Å². The highest BCUT2D eigenvalue weighted by atomic mass is 35.5. The second kappa shape index (κ2) is 7.49. The van der Waals surface area contributed by atoms with Gasteiger partial charge in [0.2, 0.25) is 0 Å². The highest BCUT2D eigenvalue weighted by Crippen LogP contribution is 2.21. The number of hydrogen-bond acceptors (Lipinski definition) is 2. The second-order valence-corrected chi connectivity index (χ2v) is 4.70. The monoisotopic (exact) mass is 299 g/mol. The molecule has 0 aliphatic carbocycles. The van der Waals surface area contributed by atoms with Gasteiger partial charge in [0.15, 0.2) is 0 Å². The first-order chi connectivity index (χ1) is 10.2. The quantitative estimate of drug-likeness (QED) is 0.854. The summed E-state index contributed by atoms with van der Waals surface area (Å²) in [6.07, 6.45) is 0.413. The Morgan fingerprint density at radius 3 is 2.76 bits per heavy atom. The lowest BCUT2D eigenvalue weighted by molar-refractivity contribution is 0.102. The zero-order valence-electron chi connectivity index (χ0n) is 11.3. The summed E-state index contributed by atoms with van der Waals surface area (Å²) in [5.41, 5.74) is 1.81. The number of para-hydroxylation sites is 1. The summed E-state index contributed by atoms with van der Waals surface area (Å²) < 4.78 is 0. The Balaban J connectivity index is 2.15. The van der Waals surface area contributed by atoms with Gasteiger partial charge in [-0.15, -0.1) is 0 Å². The predicted molar refractivity (Wildman–Crippen MR) is 84.4 cm³/mol. The van der Waals surface area contributed by atoms with E-state index >= 15 is 0 Å². The highest BCUT2D eigenvalue weighted by molar-refractivity contribution is 6.33. The largest absolute Gasteiger partial charge is 0.395 e. The second-order valence-electron chi connectivity index (χ2n) is 4.29. The van der Waals surface area contributed by atoms with E-state index in [2.05, 4.69) is 17.2 Å². The molecule has 2 aromatic carbocycles. The lowest BCUT2D eigenvalue weighted by Gasteiger charge is -2.07. The van der Waals surface area contributed by atoms with Crippen molar-refractivity contribution in [1.82, 2.24) is 0 Å². The SMILES string of the molecule is O=C(Nc1ccccc1Cl)c1cccc(C#CCCO)c1. The molecule has 0 heterocycles. The summed E-state index contributed by atoms with van der Waals surface area (Å²) in [5.74, 6) is 5.48. The third kappa shape index (κ3) is 4.35. The predicted octanol–water partition coefficient (Wildman–Crippen LogP) is 3.33. The van der Waals surface area contributed by atoms with Crippen molar-refractivity contribution in [2.45, 2.75) is 6.42 Å². The number of anilines is 1. The smallest absolute Gasteiger partial charge is 0.255 e. The summed E-state index contributed by atoms with van der Waals surface area (Å²) in [4.78, 5) is 12.2. The summed E-state index contributed by atoms with van der Waals surface area (Å²) in [5, 5.41) is 12.0. The molecule has 0 atom stereocenters. The number of rotatable bonds is 3. The van der Waals surface area contributed by atoms with Crippen LogP contribution in [0.2, 0.25) is 5.02 Å². The van der Waals surface area contributed by atoms with Gasteiger partial charge in [-0.25, -0.2) is 0 Å². The molecule has 0 saturated heterocycles. The molecule has 21 heavy (non-hydrogen) atoms. The van der Waals surface area contributed by atoms with E-state index in [9.17, 15) is 4.79 Å². The molecule has 1 amide bonds. The fourth-order valence-electron chi connectivity index (χ4n) is 1.72. The number of aliphatic hydroxyl groups excluding tert-OH is 1. The highest BCUT2D eigenvalue weighted by Gasteiger charge is 2.08. The fraction of sp³-hybridized carbons (Fsp3) is 0.118. The van der Waals surface area contributed by atoms with Crippen LogP contribution in [0.5, 0.6) is 0 Å². The normalized spacial score (nSPS) is 9.62. The first-order valence-electron chi connectivity index (χ1n) is 6.46. The molecule has 0 saturated carbocycles. The van der Waals surface area contributed by atoms with Gasteiger partial charge in [-0.1, -0.05) is 41.6 Å². The minimum absolute atomic E-state index is 0.0275. The average Bonchev–Trinajstić information content (AvgIpc) is 2.50. The number of halogens is 1. The number of carbonyl (C=O) groups is 1. The van der Waals surface area contributed by atoms with Crippen LogP contribution in [0.4, 0.5) is 5.69 Å². The minimum atomic E-state index is -0.242. The maximum absolute atomic E-state index is 12.2. The van der Waals surface area contributed by atoms with Gasteiger partial charge in [0.25, 0.3) is 5.91 Å². The summed E-state index contributed by atoms with van der Waals surface area (Å²) in [6.45, 7) is 0.0275. The molecule has 0 radical (unpaired) electrons. The third-order valence-electron chi connectivity index (χ3n) is 2.72. The maximum Gasteiger partial charge on any atom is 0.255 e. The van der Waals surface area contributed by atoms with Crippen LogP contribution >= 0.6 is 11.6 Å². The van der Waals surface area contributed by atoms with Crippen molar-refractivity contribution in [3.8, 4) is 11.8 Å². The van der Waals surface area contributed by atoms with Gasteiger partial charge < -0.3 is 10.4 Å². The topological polar surface area (TPSA) is 49.3 Å². The number of benzene rings is 2. The van der Waals surface area contributed by atoms with E-state index in [0.717, 1.165) is 5.56 Å². The van der Waals surface area contributed by atoms with Crippen molar-refractivity contribution in [2.75, 3.05) is 11.9 Å². The van der Waals surface area contributed by atoms with Crippen LogP contribution in [0.3, 0.4) is 0 Å². The first-order valence-corrected chi connectivity index (χ1v) is 6.84. The summed E-state index contributed by atoms with van der Waals surface area (Å²) in [7, 11) is 0. The van der Waals surface area contributed by atoms with Crippen LogP contribution in [-0.2, 0) is 0 Å². The maximum atomic E-state index is 12.2. The molecular weight excluding hydrogens is 286 g/mol. The molecule has 0 bridgehead atoms. The lowest BCUT2D eigenvalue weighted by Crippen LogP contribution is -2.12. The molecule has 0 spiro atoms. The zero-order chi connectivity index (χ0) is 15.1. The van der Waals surface area contributed by atoms with Crippen LogP contribution in [0, 0.1) is 11.8 Å². The van der Waals surface area contributed by atoms with Crippen molar-refractivity contribution in [2.24, 2.45) is 0 Å². The van der Waals surface area contributed by atoms with E-state index in [1.54, 1.807) is 42.5 Å². The van der Waals surface area contributed by atoms with Crippen molar-refractivity contribution in [3.63, 3.8) is 0 Å². The molecule has 2 N–H and O–H groups in total. The number of amides is 1. The van der Waals surface area contributed by atoms with Gasteiger partial charge in [-0.05, 0) is 30.3 Å². The zero-order valence-corrected chi connectivity index (χ0v) is 12.0. The van der Waals surface area contributed by atoms with E-state index < -0.39 is 0 Å². The Hall–Kier alpha value is -2.28. The molecular formula is C17H14ClNO2. The average molecular weight is 300 g/mol. The Bertz CT molecular complexity index is 701. The summed E-state index contributed by atoms with van der Waals surface area (Å²) >= 11 is 6.01. The lowest BCUT2D eigenvalue weighted by atomic mass is 10.1. The van der Waals surface area contributed by atoms with E-state index in [1.165, 1.54) is 0 Å². The molecule has 4 heteroatoms. The van der Waals surface area contributed by atoms with Crippen molar-refractivity contribution >= 4 is 23.2 Å². The van der Waals surface area contributed by atoms with Gasteiger partial charge in [0.1, 0.15) is 0 Å². The van der Waals surface area contributed by atoms with Gasteiger partial charge in [0, 0.05) is 17.5 Å².